The van der Waals surface area contributed by atoms with Crippen LogP contribution in [0.4, 0.5) is 8.78 Å². The number of aromatic hydroxyl groups is 1. The first-order chi connectivity index (χ1) is 17.8. The number of carbonyl (C=O) groups excluding carboxylic acids is 2. The molecule has 1 N–H and O–H groups in total. The molecule has 2 heterocycles. The summed E-state index contributed by atoms with van der Waals surface area (Å²) < 4.78 is 31.3. The zero-order chi connectivity index (χ0) is 26.3. The lowest BCUT2D eigenvalue weighted by molar-refractivity contribution is 0.0944. The van der Waals surface area contributed by atoms with Gasteiger partial charge in [0.2, 0.25) is 0 Å². The molecule has 0 bridgehead atoms. The van der Waals surface area contributed by atoms with E-state index in [9.17, 15) is 19.1 Å². The number of carbonyl (C=O) groups is 2. The number of benzene rings is 2. The average Bonchev–Trinajstić information content (AvgIpc) is 3.48. The normalized spacial score (nSPS) is 17.8. The van der Waals surface area contributed by atoms with E-state index in [1.54, 1.807) is 13.0 Å². The van der Waals surface area contributed by atoms with E-state index >= 15 is 4.39 Å². The summed E-state index contributed by atoms with van der Waals surface area (Å²) >= 11 is 1.50. The minimum atomic E-state index is -0.775. The topological polar surface area (TPSA) is 72.2 Å². The largest absolute Gasteiger partial charge is 0.504 e. The molecule has 1 fully saturated rings. The number of Topliss-reactive ketones (excluding diaryl/α,β-unsaturated/α-hetero) is 2. The molecule has 8 heteroatoms. The van der Waals surface area contributed by atoms with E-state index in [-0.39, 0.29) is 41.1 Å². The molecule has 4 aromatic rings. The number of para-hydroxylation sites is 1. The van der Waals surface area contributed by atoms with Gasteiger partial charge in [-0.05, 0) is 62.4 Å². The molecule has 1 aliphatic carbocycles. The highest BCUT2D eigenvalue weighted by Crippen LogP contribution is 2.42. The predicted octanol–water partition coefficient (Wildman–Crippen LogP) is 7.65. The number of rotatable bonds is 7. The molecule has 1 aliphatic rings. The summed E-state index contributed by atoms with van der Waals surface area (Å²) in [5.74, 6) is -1.70. The Hall–Kier alpha value is -3.39. The van der Waals surface area contributed by atoms with Crippen molar-refractivity contribution in [3.05, 3.63) is 69.4 Å². The minimum Gasteiger partial charge on any atom is -0.504 e. The standard InChI is InChI=1S/C29H28F2N2O3S/c1-3-25(34)20-14-23-24(15-22(20)31)33(29(32-23)19-8-5-9-21(30)28(19)36)18-7-4-6-17(12-18)13-26(35)27-11-10-16(2)37-27/h5,8-11,14-15,17-18,36H,3-4,6-7,12-13H2,1-2H3/t17-,18+/m1/s1. The highest BCUT2D eigenvalue weighted by atomic mass is 32.1. The van der Waals surface area contributed by atoms with Crippen molar-refractivity contribution in [3.8, 4) is 17.1 Å². The minimum absolute atomic E-state index is 0.0342. The molecule has 192 valence electrons. The molecule has 1 saturated carbocycles. The fourth-order valence-electron chi connectivity index (χ4n) is 5.41. The lowest BCUT2D eigenvalue weighted by atomic mass is 9.82. The third-order valence-electron chi connectivity index (χ3n) is 7.24. The molecule has 0 saturated heterocycles. The number of fused-ring (bicyclic) bond motifs is 1. The molecule has 0 unspecified atom stereocenters. The van der Waals surface area contributed by atoms with E-state index in [1.165, 1.54) is 29.5 Å². The zero-order valence-corrected chi connectivity index (χ0v) is 21.6. The van der Waals surface area contributed by atoms with Crippen molar-refractivity contribution < 1.29 is 23.5 Å². The first-order valence-corrected chi connectivity index (χ1v) is 13.4. The van der Waals surface area contributed by atoms with E-state index in [0.717, 1.165) is 35.1 Å². The fourth-order valence-corrected chi connectivity index (χ4v) is 6.22. The fraction of sp³-hybridized carbons (Fsp3) is 0.345. The van der Waals surface area contributed by atoms with Gasteiger partial charge in [-0.25, -0.2) is 13.8 Å². The number of ketones is 2. The number of phenols is 1. The van der Waals surface area contributed by atoms with Crippen molar-refractivity contribution in [1.29, 1.82) is 0 Å². The van der Waals surface area contributed by atoms with Crippen LogP contribution in [0.1, 0.15) is 76.4 Å². The number of imidazole rings is 1. The van der Waals surface area contributed by atoms with E-state index in [0.29, 0.717) is 29.7 Å². The summed E-state index contributed by atoms with van der Waals surface area (Å²) in [5.41, 5.74) is 1.05. The van der Waals surface area contributed by atoms with Gasteiger partial charge in [0.25, 0.3) is 0 Å². The van der Waals surface area contributed by atoms with E-state index in [2.05, 4.69) is 4.98 Å². The molecule has 0 amide bonds. The number of phenolic OH excluding ortho intramolecular Hbond substituents is 1. The Morgan fingerprint density at radius 1 is 1.11 bits per heavy atom. The van der Waals surface area contributed by atoms with E-state index in [4.69, 9.17) is 0 Å². The Kier molecular flexibility index (Phi) is 6.94. The van der Waals surface area contributed by atoms with Crippen LogP contribution in [0, 0.1) is 24.5 Å². The Morgan fingerprint density at radius 2 is 1.92 bits per heavy atom. The highest BCUT2D eigenvalue weighted by Gasteiger charge is 2.30. The Labute approximate surface area is 217 Å². The van der Waals surface area contributed by atoms with Gasteiger partial charge in [-0.1, -0.05) is 19.4 Å². The third kappa shape index (κ3) is 4.82. The second kappa shape index (κ2) is 10.2. The molecule has 2 aromatic heterocycles. The number of hydrogen-bond donors (Lipinski definition) is 1. The molecule has 2 aromatic carbocycles. The Morgan fingerprint density at radius 3 is 2.65 bits per heavy atom. The molecule has 37 heavy (non-hydrogen) atoms. The van der Waals surface area contributed by atoms with Gasteiger partial charge in [-0.3, -0.25) is 9.59 Å². The maximum atomic E-state index is 15.1. The van der Waals surface area contributed by atoms with Crippen LogP contribution in [0.3, 0.4) is 0 Å². The Bertz CT molecular complexity index is 1510. The monoisotopic (exact) mass is 522 g/mol. The number of thiophene rings is 1. The van der Waals surface area contributed by atoms with Crippen molar-refractivity contribution in [3.63, 3.8) is 0 Å². The molecular weight excluding hydrogens is 494 g/mol. The predicted molar refractivity (Wildman–Crippen MR) is 140 cm³/mol. The van der Waals surface area contributed by atoms with Gasteiger partial charge in [-0.15, -0.1) is 11.3 Å². The summed E-state index contributed by atoms with van der Waals surface area (Å²) in [4.78, 5) is 31.7. The smallest absolute Gasteiger partial charge is 0.173 e. The number of hydrogen-bond acceptors (Lipinski definition) is 5. The molecule has 5 rings (SSSR count). The van der Waals surface area contributed by atoms with Crippen molar-refractivity contribution in [2.24, 2.45) is 5.92 Å². The van der Waals surface area contributed by atoms with Gasteiger partial charge in [0.15, 0.2) is 23.1 Å². The van der Waals surface area contributed by atoms with Crippen LogP contribution in [0.15, 0.2) is 42.5 Å². The van der Waals surface area contributed by atoms with Crippen LogP contribution in [0.5, 0.6) is 5.75 Å². The number of nitrogens with zero attached hydrogens (tertiary/aromatic N) is 2. The van der Waals surface area contributed by atoms with Crippen LogP contribution in [-0.2, 0) is 0 Å². The zero-order valence-electron chi connectivity index (χ0n) is 20.8. The van der Waals surface area contributed by atoms with Crippen LogP contribution >= 0.6 is 11.3 Å². The van der Waals surface area contributed by atoms with Crippen molar-refractivity contribution >= 4 is 33.9 Å². The van der Waals surface area contributed by atoms with Crippen LogP contribution < -0.4 is 0 Å². The lowest BCUT2D eigenvalue weighted by Crippen LogP contribution is -2.22. The maximum absolute atomic E-state index is 15.1. The Balaban J connectivity index is 1.57. The summed E-state index contributed by atoms with van der Waals surface area (Å²) in [6.45, 7) is 3.64. The second-order valence-corrected chi connectivity index (χ2v) is 11.1. The quantitative estimate of drug-likeness (QED) is 0.253. The third-order valence-corrected chi connectivity index (χ3v) is 8.28. The average molecular weight is 523 g/mol. The summed E-state index contributed by atoms with van der Waals surface area (Å²) in [6, 6.07) is 10.7. The SMILES string of the molecule is CCC(=O)c1cc2nc(-c3cccc(F)c3O)n([C@H]3CCC[C@@H](CC(=O)c4ccc(C)s4)C3)c2cc1F. The van der Waals surface area contributed by atoms with E-state index < -0.39 is 17.4 Å². The molecule has 2 atom stereocenters. The van der Waals surface area contributed by atoms with Gasteiger partial charge >= 0.3 is 0 Å². The van der Waals surface area contributed by atoms with Gasteiger partial charge in [0.1, 0.15) is 11.6 Å². The molecule has 0 aliphatic heterocycles. The lowest BCUT2D eigenvalue weighted by Gasteiger charge is -2.31. The van der Waals surface area contributed by atoms with Crippen molar-refractivity contribution in [2.75, 3.05) is 0 Å². The van der Waals surface area contributed by atoms with Gasteiger partial charge < -0.3 is 9.67 Å². The second-order valence-electron chi connectivity index (χ2n) is 9.76. The highest BCUT2D eigenvalue weighted by molar-refractivity contribution is 7.14. The first-order valence-electron chi connectivity index (χ1n) is 12.6. The van der Waals surface area contributed by atoms with Gasteiger partial charge in [0.05, 0.1) is 27.0 Å². The van der Waals surface area contributed by atoms with Crippen LogP contribution in [0.25, 0.3) is 22.4 Å². The summed E-state index contributed by atoms with van der Waals surface area (Å²) in [7, 11) is 0. The van der Waals surface area contributed by atoms with Crippen molar-refractivity contribution in [1.82, 2.24) is 9.55 Å². The molecule has 5 nitrogen and oxygen atoms in total. The first kappa shape index (κ1) is 25.3. The van der Waals surface area contributed by atoms with Crippen molar-refractivity contribution in [2.45, 2.75) is 58.4 Å². The molecule has 0 radical (unpaired) electrons. The number of aromatic nitrogens is 2. The molecular formula is C29H28F2N2O3S. The number of halogens is 2. The summed E-state index contributed by atoms with van der Waals surface area (Å²) in [5, 5.41) is 10.5. The van der Waals surface area contributed by atoms with Gasteiger partial charge in [-0.2, -0.15) is 0 Å². The van der Waals surface area contributed by atoms with Gasteiger partial charge in [0, 0.05) is 29.8 Å². The molecule has 0 spiro atoms. The maximum Gasteiger partial charge on any atom is 0.173 e. The summed E-state index contributed by atoms with van der Waals surface area (Å²) in [6.07, 6.45) is 3.80. The van der Waals surface area contributed by atoms with E-state index in [1.807, 2.05) is 23.6 Å². The van der Waals surface area contributed by atoms with Crippen LogP contribution in [0.2, 0.25) is 0 Å². The number of aryl methyl sites for hydroxylation is 1. The van der Waals surface area contributed by atoms with Crippen LogP contribution in [-0.4, -0.2) is 26.2 Å².